The summed E-state index contributed by atoms with van der Waals surface area (Å²) < 4.78 is 5.51. The second-order valence-electron chi connectivity index (χ2n) is 6.04. The largest absolute Gasteiger partial charge is 0.475 e. The summed E-state index contributed by atoms with van der Waals surface area (Å²) in [5.41, 5.74) is 1.75. The lowest BCUT2D eigenvalue weighted by Crippen LogP contribution is -2.48. The first-order chi connectivity index (χ1) is 11.6. The predicted octanol–water partition coefficient (Wildman–Crippen LogP) is 2.23. The lowest BCUT2D eigenvalue weighted by Gasteiger charge is -2.36. The van der Waals surface area contributed by atoms with E-state index < -0.39 is 0 Å². The number of anilines is 1. The second-order valence-corrected chi connectivity index (χ2v) is 6.04. The normalized spacial score (nSPS) is 14.8. The number of ether oxygens (including phenoxy) is 1. The molecule has 0 atom stereocenters. The van der Waals surface area contributed by atoms with Crippen LogP contribution in [0.25, 0.3) is 0 Å². The third-order valence-corrected chi connectivity index (χ3v) is 3.93. The van der Waals surface area contributed by atoms with Gasteiger partial charge in [-0.3, -0.25) is 9.78 Å². The first-order valence-electron chi connectivity index (χ1n) is 8.20. The lowest BCUT2D eigenvalue weighted by atomic mass is 10.2. The molecule has 0 saturated carbocycles. The van der Waals surface area contributed by atoms with Crippen molar-refractivity contribution in [1.29, 1.82) is 0 Å². The van der Waals surface area contributed by atoms with Gasteiger partial charge in [0, 0.05) is 56.5 Å². The van der Waals surface area contributed by atoms with Crippen molar-refractivity contribution in [2.45, 2.75) is 20.0 Å². The minimum absolute atomic E-state index is 0.0213. The molecule has 6 heteroatoms. The summed E-state index contributed by atoms with van der Waals surface area (Å²) in [7, 11) is 0. The molecule has 2 aromatic rings. The Kier molecular flexibility index (Phi) is 4.93. The van der Waals surface area contributed by atoms with Crippen LogP contribution < -0.4 is 9.64 Å². The van der Waals surface area contributed by atoms with Crippen molar-refractivity contribution >= 4 is 11.6 Å². The fourth-order valence-corrected chi connectivity index (χ4v) is 2.72. The topological polar surface area (TPSA) is 58.6 Å². The number of pyridine rings is 2. The monoisotopic (exact) mass is 326 g/mol. The summed E-state index contributed by atoms with van der Waals surface area (Å²) in [5, 5.41) is 0. The third kappa shape index (κ3) is 3.82. The summed E-state index contributed by atoms with van der Waals surface area (Å²) >= 11 is 0. The fraction of sp³-hybridized carbons (Fsp3) is 0.389. The fourth-order valence-electron chi connectivity index (χ4n) is 2.72. The van der Waals surface area contributed by atoms with Gasteiger partial charge in [-0.15, -0.1) is 0 Å². The minimum Gasteiger partial charge on any atom is -0.475 e. The highest BCUT2D eigenvalue weighted by Gasteiger charge is 2.22. The summed E-state index contributed by atoms with van der Waals surface area (Å²) in [6, 6.07) is 7.52. The number of piperazine rings is 1. The molecule has 3 rings (SSSR count). The number of nitrogens with zero attached hydrogens (tertiary/aromatic N) is 4. The van der Waals surface area contributed by atoms with Gasteiger partial charge < -0.3 is 14.5 Å². The number of hydrogen-bond donors (Lipinski definition) is 0. The molecule has 1 aliphatic heterocycles. The van der Waals surface area contributed by atoms with E-state index in [0.717, 1.165) is 18.8 Å². The van der Waals surface area contributed by atoms with E-state index in [-0.39, 0.29) is 12.0 Å². The van der Waals surface area contributed by atoms with Crippen molar-refractivity contribution < 1.29 is 9.53 Å². The van der Waals surface area contributed by atoms with Crippen LogP contribution in [0.15, 0.2) is 42.9 Å². The maximum absolute atomic E-state index is 12.6. The number of rotatable bonds is 4. The Labute approximate surface area is 142 Å². The highest BCUT2D eigenvalue weighted by Crippen LogP contribution is 2.17. The first kappa shape index (κ1) is 16.2. The van der Waals surface area contributed by atoms with Crippen LogP contribution >= 0.6 is 0 Å². The van der Waals surface area contributed by atoms with Gasteiger partial charge in [-0.25, -0.2) is 4.98 Å². The molecular formula is C18H22N4O2. The maximum atomic E-state index is 12.6. The summed E-state index contributed by atoms with van der Waals surface area (Å²) in [6.45, 7) is 6.93. The Morgan fingerprint density at radius 1 is 1.08 bits per heavy atom. The van der Waals surface area contributed by atoms with Crippen LogP contribution in [0.2, 0.25) is 0 Å². The van der Waals surface area contributed by atoms with Gasteiger partial charge in [0.2, 0.25) is 5.88 Å². The maximum Gasteiger partial charge on any atom is 0.255 e. The summed E-state index contributed by atoms with van der Waals surface area (Å²) in [5.74, 6) is 0.567. The Bertz CT molecular complexity index is 665. The molecule has 1 aliphatic rings. The molecule has 0 unspecified atom stereocenters. The van der Waals surface area contributed by atoms with Crippen molar-refractivity contribution in [3.8, 4) is 5.88 Å². The zero-order valence-electron chi connectivity index (χ0n) is 14.1. The molecule has 0 radical (unpaired) electrons. The van der Waals surface area contributed by atoms with E-state index in [1.807, 2.05) is 30.9 Å². The second kappa shape index (κ2) is 7.29. The molecule has 24 heavy (non-hydrogen) atoms. The molecule has 2 aromatic heterocycles. The quantitative estimate of drug-likeness (QED) is 0.862. The number of amides is 1. The number of aromatic nitrogens is 2. The molecule has 3 heterocycles. The molecule has 1 amide bonds. The van der Waals surface area contributed by atoms with Gasteiger partial charge in [0.25, 0.3) is 5.91 Å². The SMILES string of the molecule is CC(C)Oc1ccc(C(=O)N2CCN(c3ccncc3)CC2)cn1. The highest BCUT2D eigenvalue weighted by molar-refractivity contribution is 5.94. The van der Waals surface area contributed by atoms with E-state index in [4.69, 9.17) is 4.74 Å². The molecule has 0 bridgehead atoms. The van der Waals surface area contributed by atoms with Crippen LogP contribution in [0.3, 0.4) is 0 Å². The van der Waals surface area contributed by atoms with Crippen LogP contribution in [0.4, 0.5) is 5.69 Å². The van der Waals surface area contributed by atoms with Gasteiger partial charge >= 0.3 is 0 Å². The van der Waals surface area contributed by atoms with Crippen LogP contribution in [-0.2, 0) is 0 Å². The van der Waals surface area contributed by atoms with E-state index in [2.05, 4.69) is 14.9 Å². The van der Waals surface area contributed by atoms with Gasteiger partial charge in [-0.1, -0.05) is 0 Å². The summed E-state index contributed by atoms with van der Waals surface area (Å²) in [6.07, 6.45) is 5.24. The molecular weight excluding hydrogens is 304 g/mol. The molecule has 1 saturated heterocycles. The van der Waals surface area contributed by atoms with Crippen LogP contribution in [0.5, 0.6) is 5.88 Å². The average Bonchev–Trinajstić information content (AvgIpc) is 2.62. The van der Waals surface area contributed by atoms with Crippen LogP contribution in [0.1, 0.15) is 24.2 Å². The van der Waals surface area contributed by atoms with Crippen molar-refractivity contribution in [2.24, 2.45) is 0 Å². The average molecular weight is 326 g/mol. The molecule has 0 aromatic carbocycles. The van der Waals surface area contributed by atoms with E-state index >= 15 is 0 Å². The molecule has 6 nitrogen and oxygen atoms in total. The van der Waals surface area contributed by atoms with Gasteiger partial charge in [0.1, 0.15) is 0 Å². The smallest absolute Gasteiger partial charge is 0.255 e. The Morgan fingerprint density at radius 3 is 2.38 bits per heavy atom. The highest BCUT2D eigenvalue weighted by atomic mass is 16.5. The standard InChI is InChI=1S/C18H22N4O2/c1-14(2)24-17-4-3-15(13-20-17)18(23)22-11-9-21(10-12-22)16-5-7-19-8-6-16/h3-8,13-14H,9-12H2,1-2H3. The van der Waals surface area contributed by atoms with Crippen LogP contribution in [0, 0.1) is 0 Å². The molecule has 0 aliphatic carbocycles. The Morgan fingerprint density at radius 2 is 1.79 bits per heavy atom. The number of carbonyl (C=O) groups excluding carboxylic acids is 1. The number of hydrogen-bond acceptors (Lipinski definition) is 5. The van der Waals surface area contributed by atoms with Gasteiger partial charge in [-0.05, 0) is 32.0 Å². The zero-order valence-corrected chi connectivity index (χ0v) is 14.1. The van der Waals surface area contributed by atoms with Gasteiger partial charge in [0.15, 0.2) is 0 Å². The van der Waals surface area contributed by atoms with E-state index in [1.54, 1.807) is 30.7 Å². The van der Waals surface area contributed by atoms with Crippen LogP contribution in [-0.4, -0.2) is 53.1 Å². The van der Waals surface area contributed by atoms with E-state index in [1.165, 1.54) is 0 Å². The number of carbonyl (C=O) groups is 1. The molecule has 0 spiro atoms. The molecule has 1 fully saturated rings. The van der Waals surface area contributed by atoms with Crippen molar-refractivity contribution in [2.75, 3.05) is 31.1 Å². The first-order valence-corrected chi connectivity index (χ1v) is 8.20. The van der Waals surface area contributed by atoms with E-state index in [9.17, 15) is 4.79 Å². The predicted molar refractivity (Wildman–Crippen MR) is 92.4 cm³/mol. The lowest BCUT2D eigenvalue weighted by molar-refractivity contribution is 0.0746. The Hall–Kier alpha value is -2.63. The third-order valence-electron chi connectivity index (χ3n) is 3.93. The van der Waals surface area contributed by atoms with Gasteiger partial charge in [-0.2, -0.15) is 0 Å². The molecule has 0 N–H and O–H groups in total. The van der Waals surface area contributed by atoms with Gasteiger partial charge in [0.05, 0.1) is 11.7 Å². The zero-order chi connectivity index (χ0) is 16.9. The van der Waals surface area contributed by atoms with Crippen molar-refractivity contribution in [3.63, 3.8) is 0 Å². The van der Waals surface area contributed by atoms with Crippen molar-refractivity contribution in [3.05, 3.63) is 48.4 Å². The molecule has 126 valence electrons. The minimum atomic E-state index is 0.0213. The van der Waals surface area contributed by atoms with E-state index in [0.29, 0.717) is 24.5 Å². The summed E-state index contributed by atoms with van der Waals surface area (Å²) in [4.78, 5) is 25.0. The Balaban J connectivity index is 1.59. The van der Waals surface area contributed by atoms with Crippen molar-refractivity contribution in [1.82, 2.24) is 14.9 Å².